The van der Waals surface area contributed by atoms with E-state index in [4.69, 9.17) is 4.74 Å². The molecule has 21 heavy (non-hydrogen) atoms. The minimum Gasteiger partial charge on any atom is -0.496 e. The van der Waals surface area contributed by atoms with Crippen molar-refractivity contribution in [2.75, 3.05) is 7.11 Å². The second-order valence-electron chi connectivity index (χ2n) is 4.75. The van der Waals surface area contributed by atoms with Gasteiger partial charge in [-0.1, -0.05) is 0 Å². The smallest absolute Gasteiger partial charge is 0.129 e. The van der Waals surface area contributed by atoms with Crippen LogP contribution < -0.4 is 4.74 Å². The first-order valence-electron chi connectivity index (χ1n) is 6.50. The molecule has 3 aromatic rings. The van der Waals surface area contributed by atoms with Gasteiger partial charge in [-0.15, -0.1) is 0 Å². The van der Waals surface area contributed by atoms with Crippen LogP contribution in [0, 0.1) is 5.82 Å². The number of hydrogen-bond acceptors (Lipinski definition) is 3. The van der Waals surface area contributed by atoms with Crippen molar-refractivity contribution in [3.05, 3.63) is 54.4 Å². The lowest BCUT2D eigenvalue weighted by molar-refractivity contribution is 0.413. The topological polar surface area (TPSA) is 44.9 Å². The van der Waals surface area contributed by atoms with Crippen molar-refractivity contribution in [1.82, 2.24) is 19.6 Å². The summed E-state index contributed by atoms with van der Waals surface area (Å²) in [5, 5.41) is 8.63. The molecule has 5 nitrogen and oxygen atoms in total. The number of rotatable bonds is 4. The molecule has 108 valence electrons. The van der Waals surface area contributed by atoms with Gasteiger partial charge in [0.25, 0.3) is 0 Å². The monoisotopic (exact) mass is 286 g/mol. The molecule has 0 aliphatic rings. The summed E-state index contributed by atoms with van der Waals surface area (Å²) in [4.78, 5) is 0. The Morgan fingerprint density at radius 2 is 2.14 bits per heavy atom. The summed E-state index contributed by atoms with van der Waals surface area (Å²) in [6, 6.07) is 6.41. The van der Waals surface area contributed by atoms with E-state index in [0.717, 1.165) is 16.8 Å². The van der Waals surface area contributed by atoms with Crippen LogP contribution in [0.5, 0.6) is 5.75 Å². The molecule has 0 bridgehead atoms. The Labute approximate surface area is 121 Å². The first-order chi connectivity index (χ1) is 10.2. The SMILES string of the molecule is COc1cc(F)ccc1-c1cnn(Cc2ccn(C)n2)c1. The number of methoxy groups -OCH3 is 1. The van der Waals surface area contributed by atoms with Crippen molar-refractivity contribution in [2.24, 2.45) is 7.05 Å². The van der Waals surface area contributed by atoms with E-state index in [9.17, 15) is 4.39 Å². The molecule has 0 aliphatic heterocycles. The molecule has 0 amide bonds. The van der Waals surface area contributed by atoms with E-state index in [-0.39, 0.29) is 5.82 Å². The van der Waals surface area contributed by atoms with Crippen LogP contribution in [0.15, 0.2) is 42.9 Å². The van der Waals surface area contributed by atoms with Crippen molar-refractivity contribution >= 4 is 0 Å². The number of halogens is 1. The van der Waals surface area contributed by atoms with E-state index in [2.05, 4.69) is 10.2 Å². The van der Waals surface area contributed by atoms with Crippen LogP contribution in [0.2, 0.25) is 0 Å². The molecular weight excluding hydrogens is 271 g/mol. The van der Waals surface area contributed by atoms with Crippen LogP contribution in [-0.4, -0.2) is 26.7 Å². The van der Waals surface area contributed by atoms with Crippen molar-refractivity contribution in [3.8, 4) is 16.9 Å². The van der Waals surface area contributed by atoms with Crippen LogP contribution in [0.25, 0.3) is 11.1 Å². The van der Waals surface area contributed by atoms with Crippen molar-refractivity contribution in [3.63, 3.8) is 0 Å². The van der Waals surface area contributed by atoms with Gasteiger partial charge in [-0.05, 0) is 18.2 Å². The van der Waals surface area contributed by atoms with E-state index in [1.807, 2.05) is 25.5 Å². The molecule has 1 aromatic carbocycles. The quantitative estimate of drug-likeness (QED) is 0.740. The van der Waals surface area contributed by atoms with Gasteiger partial charge in [-0.3, -0.25) is 9.36 Å². The van der Waals surface area contributed by atoms with E-state index >= 15 is 0 Å². The van der Waals surface area contributed by atoms with Crippen molar-refractivity contribution in [1.29, 1.82) is 0 Å². The Morgan fingerprint density at radius 1 is 1.29 bits per heavy atom. The number of benzene rings is 1. The molecule has 0 aliphatic carbocycles. The van der Waals surface area contributed by atoms with Gasteiger partial charge in [0.05, 0.1) is 25.5 Å². The van der Waals surface area contributed by atoms with Crippen LogP contribution in [0.1, 0.15) is 5.69 Å². The standard InChI is InChI=1S/C15H15FN4O/c1-19-6-5-13(18-19)10-20-9-11(8-17-20)14-4-3-12(16)7-15(14)21-2/h3-9H,10H2,1-2H3. The van der Waals surface area contributed by atoms with Crippen LogP contribution >= 0.6 is 0 Å². The highest BCUT2D eigenvalue weighted by atomic mass is 19.1. The van der Waals surface area contributed by atoms with E-state index in [1.165, 1.54) is 19.2 Å². The van der Waals surface area contributed by atoms with E-state index in [0.29, 0.717) is 12.3 Å². The first kappa shape index (κ1) is 13.4. The van der Waals surface area contributed by atoms with Gasteiger partial charge in [0, 0.05) is 36.6 Å². The Hall–Kier alpha value is -2.63. The molecule has 2 aromatic heterocycles. The third-order valence-electron chi connectivity index (χ3n) is 3.20. The maximum absolute atomic E-state index is 13.2. The van der Waals surface area contributed by atoms with Gasteiger partial charge in [-0.25, -0.2) is 4.39 Å². The van der Waals surface area contributed by atoms with E-state index in [1.54, 1.807) is 21.6 Å². The lowest BCUT2D eigenvalue weighted by Crippen LogP contribution is -2.01. The van der Waals surface area contributed by atoms with Crippen molar-refractivity contribution < 1.29 is 9.13 Å². The van der Waals surface area contributed by atoms with Gasteiger partial charge in [0.15, 0.2) is 0 Å². The lowest BCUT2D eigenvalue weighted by atomic mass is 10.1. The number of nitrogens with zero attached hydrogens (tertiary/aromatic N) is 4. The molecule has 0 atom stereocenters. The Balaban J connectivity index is 1.88. The van der Waals surface area contributed by atoms with E-state index < -0.39 is 0 Å². The second kappa shape index (κ2) is 5.40. The molecule has 0 N–H and O–H groups in total. The molecular formula is C15H15FN4O. The van der Waals surface area contributed by atoms with Crippen LogP contribution in [-0.2, 0) is 13.6 Å². The molecule has 3 rings (SSSR count). The molecule has 0 fully saturated rings. The second-order valence-corrected chi connectivity index (χ2v) is 4.75. The fourth-order valence-electron chi connectivity index (χ4n) is 2.21. The Morgan fingerprint density at radius 3 is 2.86 bits per heavy atom. The zero-order valence-electron chi connectivity index (χ0n) is 11.8. The average Bonchev–Trinajstić information content (AvgIpc) is 3.08. The summed E-state index contributed by atoms with van der Waals surface area (Å²) in [6.07, 6.45) is 5.52. The third-order valence-corrected chi connectivity index (χ3v) is 3.20. The highest BCUT2D eigenvalue weighted by molar-refractivity contribution is 5.69. The summed E-state index contributed by atoms with van der Waals surface area (Å²) in [5.41, 5.74) is 2.62. The minimum atomic E-state index is -0.323. The third kappa shape index (κ3) is 2.79. The highest BCUT2D eigenvalue weighted by Crippen LogP contribution is 2.30. The molecule has 0 spiro atoms. The predicted octanol–water partition coefficient (Wildman–Crippen LogP) is 2.48. The average molecular weight is 286 g/mol. The zero-order chi connectivity index (χ0) is 14.8. The van der Waals surface area contributed by atoms with Gasteiger partial charge in [-0.2, -0.15) is 10.2 Å². The summed E-state index contributed by atoms with van der Waals surface area (Å²) in [6.45, 7) is 0.588. The fraction of sp³-hybridized carbons (Fsp3) is 0.200. The van der Waals surface area contributed by atoms with Crippen LogP contribution in [0.3, 0.4) is 0 Å². The van der Waals surface area contributed by atoms with Gasteiger partial charge in [0.2, 0.25) is 0 Å². The molecule has 0 unspecified atom stereocenters. The highest BCUT2D eigenvalue weighted by Gasteiger charge is 2.10. The molecule has 0 saturated carbocycles. The fourth-order valence-corrected chi connectivity index (χ4v) is 2.21. The van der Waals surface area contributed by atoms with Gasteiger partial charge < -0.3 is 4.74 Å². The summed E-state index contributed by atoms with van der Waals surface area (Å²) < 4.78 is 22.0. The number of aromatic nitrogens is 4. The van der Waals surface area contributed by atoms with Gasteiger partial charge >= 0.3 is 0 Å². The molecule has 6 heteroatoms. The largest absolute Gasteiger partial charge is 0.496 e. The maximum atomic E-state index is 13.2. The molecule has 2 heterocycles. The maximum Gasteiger partial charge on any atom is 0.129 e. The molecule has 0 radical (unpaired) electrons. The van der Waals surface area contributed by atoms with Crippen LogP contribution in [0.4, 0.5) is 4.39 Å². The number of ether oxygens (including phenoxy) is 1. The summed E-state index contributed by atoms with van der Waals surface area (Å²) in [7, 11) is 3.40. The minimum absolute atomic E-state index is 0.323. The lowest BCUT2D eigenvalue weighted by Gasteiger charge is -2.06. The molecule has 0 saturated heterocycles. The normalized spacial score (nSPS) is 10.8. The Kier molecular flexibility index (Phi) is 3.43. The summed E-state index contributed by atoms with van der Waals surface area (Å²) >= 11 is 0. The summed E-state index contributed by atoms with van der Waals surface area (Å²) in [5.74, 6) is 0.170. The number of hydrogen-bond donors (Lipinski definition) is 0. The Bertz CT molecular complexity index is 763. The van der Waals surface area contributed by atoms with Gasteiger partial charge in [0.1, 0.15) is 11.6 Å². The zero-order valence-corrected chi connectivity index (χ0v) is 11.8. The predicted molar refractivity (Wildman–Crippen MR) is 76.5 cm³/mol. The van der Waals surface area contributed by atoms with Crippen molar-refractivity contribution in [2.45, 2.75) is 6.54 Å². The first-order valence-corrected chi connectivity index (χ1v) is 6.50. The number of aryl methyl sites for hydroxylation is 1.